The Kier molecular flexibility index (Phi) is 7.36. The molecule has 2 N–H and O–H groups in total. The van der Waals surface area contributed by atoms with Crippen molar-refractivity contribution >= 4 is 23.2 Å². The van der Waals surface area contributed by atoms with E-state index in [1.165, 1.54) is 11.1 Å². The van der Waals surface area contributed by atoms with Gasteiger partial charge in [0.25, 0.3) is 5.91 Å². The third-order valence-corrected chi connectivity index (χ3v) is 7.53. The van der Waals surface area contributed by atoms with Gasteiger partial charge in [0.2, 0.25) is 5.91 Å². The van der Waals surface area contributed by atoms with Crippen molar-refractivity contribution in [2.24, 2.45) is 11.8 Å². The second-order valence-corrected chi connectivity index (χ2v) is 10.2. The normalized spacial score (nSPS) is 19.5. The van der Waals surface area contributed by atoms with Gasteiger partial charge in [-0.25, -0.2) is 0 Å². The third-order valence-electron chi connectivity index (χ3n) is 7.53. The van der Waals surface area contributed by atoms with Gasteiger partial charge in [-0.2, -0.15) is 0 Å². The van der Waals surface area contributed by atoms with Crippen molar-refractivity contribution in [2.45, 2.75) is 38.5 Å². The summed E-state index contributed by atoms with van der Waals surface area (Å²) in [5.41, 5.74) is 4.67. The van der Waals surface area contributed by atoms with Crippen LogP contribution in [0.1, 0.15) is 53.6 Å². The smallest absolute Gasteiger partial charge is 0.253 e. The number of nitrogens with one attached hydrogen (secondary N) is 2. The molecule has 5 heteroatoms. The van der Waals surface area contributed by atoms with Crippen LogP contribution in [0.15, 0.2) is 78.9 Å². The largest absolute Gasteiger partial charge is 0.371 e. The average molecular weight is 482 g/mol. The zero-order valence-corrected chi connectivity index (χ0v) is 21.0. The molecule has 36 heavy (non-hydrogen) atoms. The summed E-state index contributed by atoms with van der Waals surface area (Å²) in [5, 5.41) is 6.18. The number of amides is 2. The molecule has 5 rings (SSSR count). The monoisotopic (exact) mass is 481 g/mol. The SMILES string of the molecule is CC1CCN(c2ccc(NC(=O)C3CC3c3ccccc3)cc2C(=O)NCCc2ccccc2)CC1. The van der Waals surface area contributed by atoms with E-state index in [-0.39, 0.29) is 23.7 Å². The van der Waals surface area contributed by atoms with Crippen LogP contribution in [0.3, 0.4) is 0 Å². The minimum Gasteiger partial charge on any atom is -0.371 e. The van der Waals surface area contributed by atoms with Crippen LogP contribution in [-0.4, -0.2) is 31.4 Å². The number of carbonyl (C=O) groups excluding carboxylic acids is 2. The Hall–Kier alpha value is -3.60. The number of anilines is 2. The van der Waals surface area contributed by atoms with Crippen LogP contribution in [-0.2, 0) is 11.2 Å². The molecular formula is C31H35N3O2. The van der Waals surface area contributed by atoms with Gasteiger partial charge >= 0.3 is 0 Å². The molecule has 2 amide bonds. The minimum atomic E-state index is -0.0933. The first-order valence-electron chi connectivity index (χ1n) is 13.2. The molecule has 0 aromatic heterocycles. The molecule has 0 spiro atoms. The Bertz CT molecular complexity index is 1190. The zero-order chi connectivity index (χ0) is 24.9. The molecule has 0 radical (unpaired) electrons. The van der Waals surface area contributed by atoms with E-state index < -0.39 is 0 Å². The Labute approximate surface area is 213 Å². The van der Waals surface area contributed by atoms with Gasteiger partial charge in [0.15, 0.2) is 0 Å². The molecular weight excluding hydrogens is 446 g/mol. The summed E-state index contributed by atoms with van der Waals surface area (Å²) in [4.78, 5) is 28.6. The summed E-state index contributed by atoms with van der Waals surface area (Å²) in [6.45, 7) is 4.74. The molecule has 2 fully saturated rings. The molecule has 1 saturated heterocycles. The quantitative estimate of drug-likeness (QED) is 0.438. The van der Waals surface area contributed by atoms with Crippen molar-refractivity contribution in [3.8, 4) is 0 Å². The van der Waals surface area contributed by atoms with E-state index in [4.69, 9.17) is 0 Å². The van der Waals surface area contributed by atoms with Gasteiger partial charge in [-0.3, -0.25) is 9.59 Å². The first-order chi connectivity index (χ1) is 17.6. The van der Waals surface area contributed by atoms with Crippen molar-refractivity contribution in [1.82, 2.24) is 5.32 Å². The molecule has 1 saturated carbocycles. The molecule has 3 aromatic rings. The number of piperidine rings is 1. The highest BCUT2D eigenvalue weighted by Crippen LogP contribution is 2.48. The fourth-order valence-corrected chi connectivity index (χ4v) is 5.17. The van der Waals surface area contributed by atoms with Gasteiger partial charge in [0.05, 0.1) is 5.56 Å². The lowest BCUT2D eigenvalue weighted by molar-refractivity contribution is -0.117. The summed E-state index contributed by atoms with van der Waals surface area (Å²) >= 11 is 0. The lowest BCUT2D eigenvalue weighted by atomic mass is 9.97. The summed E-state index contributed by atoms with van der Waals surface area (Å²) in [7, 11) is 0. The maximum Gasteiger partial charge on any atom is 0.253 e. The molecule has 0 bridgehead atoms. The van der Waals surface area contributed by atoms with E-state index in [9.17, 15) is 9.59 Å². The van der Waals surface area contributed by atoms with Crippen molar-refractivity contribution < 1.29 is 9.59 Å². The molecule has 2 unspecified atom stereocenters. The van der Waals surface area contributed by atoms with Crippen LogP contribution in [0, 0.1) is 11.8 Å². The molecule has 186 valence electrons. The van der Waals surface area contributed by atoms with Crippen LogP contribution in [0.2, 0.25) is 0 Å². The van der Waals surface area contributed by atoms with Crippen molar-refractivity contribution in [2.75, 3.05) is 29.9 Å². The second-order valence-electron chi connectivity index (χ2n) is 10.2. The van der Waals surface area contributed by atoms with E-state index in [0.717, 1.165) is 44.5 Å². The highest BCUT2D eigenvalue weighted by Gasteiger charge is 2.43. The molecule has 3 aromatic carbocycles. The third kappa shape index (κ3) is 5.78. The minimum absolute atomic E-state index is 0.0150. The number of hydrogen-bond acceptors (Lipinski definition) is 3. The van der Waals surface area contributed by atoms with E-state index >= 15 is 0 Å². The fourth-order valence-electron chi connectivity index (χ4n) is 5.17. The average Bonchev–Trinajstić information content (AvgIpc) is 3.72. The van der Waals surface area contributed by atoms with Crippen LogP contribution in [0.5, 0.6) is 0 Å². The molecule has 1 aliphatic carbocycles. The highest BCUT2D eigenvalue weighted by atomic mass is 16.2. The number of hydrogen-bond donors (Lipinski definition) is 2. The van der Waals surface area contributed by atoms with E-state index in [2.05, 4.69) is 46.7 Å². The highest BCUT2D eigenvalue weighted by molar-refractivity contribution is 6.02. The van der Waals surface area contributed by atoms with Crippen LogP contribution >= 0.6 is 0 Å². The van der Waals surface area contributed by atoms with Crippen molar-refractivity contribution in [3.63, 3.8) is 0 Å². The summed E-state index contributed by atoms with van der Waals surface area (Å²) in [6.07, 6.45) is 3.89. The second kappa shape index (κ2) is 11.0. The van der Waals surface area contributed by atoms with E-state index in [1.54, 1.807) is 0 Å². The van der Waals surface area contributed by atoms with E-state index in [1.807, 2.05) is 54.6 Å². The van der Waals surface area contributed by atoms with Crippen molar-refractivity contribution in [3.05, 3.63) is 95.6 Å². The standard InChI is InChI=1S/C31H35N3O2/c1-22-15-18-34(19-16-22)29-13-12-25(33-31(36)27-21-26(27)24-10-6-3-7-11-24)20-28(29)30(35)32-17-14-23-8-4-2-5-9-23/h2-13,20,22,26-27H,14-19,21H2,1H3,(H,32,35)(H,33,36). The zero-order valence-electron chi connectivity index (χ0n) is 21.0. The van der Waals surface area contributed by atoms with Crippen LogP contribution in [0.4, 0.5) is 11.4 Å². The van der Waals surface area contributed by atoms with Crippen molar-refractivity contribution in [1.29, 1.82) is 0 Å². The van der Waals surface area contributed by atoms with Crippen LogP contribution in [0.25, 0.3) is 0 Å². The molecule has 2 atom stereocenters. The number of benzene rings is 3. The van der Waals surface area contributed by atoms with Gasteiger partial charge in [-0.05, 0) is 66.8 Å². The van der Waals surface area contributed by atoms with Gasteiger partial charge in [0, 0.05) is 36.9 Å². The predicted octanol–water partition coefficient (Wildman–Crippen LogP) is 5.64. The lowest BCUT2D eigenvalue weighted by Crippen LogP contribution is -2.35. The lowest BCUT2D eigenvalue weighted by Gasteiger charge is -2.33. The van der Waals surface area contributed by atoms with Gasteiger partial charge < -0.3 is 15.5 Å². The van der Waals surface area contributed by atoms with Gasteiger partial charge in [0.1, 0.15) is 0 Å². The first-order valence-corrected chi connectivity index (χ1v) is 13.2. The number of carbonyl (C=O) groups is 2. The Morgan fingerprint density at radius 3 is 2.33 bits per heavy atom. The topological polar surface area (TPSA) is 61.4 Å². The maximum atomic E-state index is 13.3. The Morgan fingerprint density at radius 2 is 1.61 bits per heavy atom. The molecule has 1 aliphatic heterocycles. The predicted molar refractivity (Wildman–Crippen MR) is 145 cm³/mol. The Balaban J connectivity index is 1.29. The fraction of sp³-hybridized carbons (Fsp3) is 0.355. The Morgan fingerprint density at radius 1 is 0.917 bits per heavy atom. The number of nitrogens with zero attached hydrogens (tertiary/aromatic N) is 1. The summed E-state index contributed by atoms with van der Waals surface area (Å²) in [6, 6.07) is 26.2. The molecule has 1 heterocycles. The maximum absolute atomic E-state index is 13.3. The first kappa shape index (κ1) is 24.1. The van der Waals surface area contributed by atoms with Crippen LogP contribution < -0.4 is 15.5 Å². The van der Waals surface area contributed by atoms with Gasteiger partial charge in [-0.1, -0.05) is 67.6 Å². The molecule has 5 nitrogen and oxygen atoms in total. The summed E-state index contributed by atoms with van der Waals surface area (Å²) < 4.78 is 0. The van der Waals surface area contributed by atoms with E-state index in [0.29, 0.717) is 23.7 Å². The number of rotatable bonds is 8. The molecule has 2 aliphatic rings. The van der Waals surface area contributed by atoms with Gasteiger partial charge in [-0.15, -0.1) is 0 Å². The summed E-state index contributed by atoms with van der Waals surface area (Å²) in [5.74, 6) is 0.905.